The van der Waals surface area contributed by atoms with Gasteiger partial charge < -0.3 is 10.2 Å². The van der Waals surface area contributed by atoms with Gasteiger partial charge in [0.05, 0.1) is 10.6 Å². The molecule has 0 bridgehead atoms. The van der Waals surface area contributed by atoms with Gasteiger partial charge in [0.1, 0.15) is 12.6 Å². The summed E-state index contributed by atoms with van der Waals surface area (Å²) >= 11 is 13.0. The molecule has 0 aliphatic carbocycles. The van der Waals surface area contributed by atoms with Crippen LogP contribution in [-0.4, -0.2) is 43.8 Å². The molecule has 42 heavy (non-hydrogen) atoms. The lowest BCUT2D eigenvalue weighted by atomic mass is 10.1. The highest BCUT2D eigenvalue weighted by atomic mass is 35.5. The van der Waals surface area contributed by atoms with E-state index in [9.17, 15) is 18.0 Å². The molecule has 10 heteroatoms. The zero-order chi connectivity index (χ0) is 31.2. The van der Waals surface area contributed by atoms with Crippen LogP contribution < -0.4 is 9.62 Å². The molecule has 1 N–H and O–H groups in total. The Bertz CT molecular complexity index is 1510. The molecule has 3 aromatic carbocycles. The minimum absolute atomic E-state index is 0.0593. The van der Waals surface area contributed by atoms with Crippen LogP contribution in [-0.2, 0) is 26.2 Å². The fraction of sp³-hybridized carbons (Fsp3) is 0.375. The number of amides is 2. The molecule has 0 aromatic heterocycles. The van der Waals surface area contributed by atoms with Gasteiger partial charge in [-0.1, -0.05) is 72.9 Å². The third-order valence-electron chi connectivity index (χ3n) is 7.51. The molecule has 0 heterocycles. The number of benzene rings is 3. The molecule has 226 valence electrons. The first-order valence-electron chi connectivity index (χ1n) is 14.0. The number of nitrogens with zero attached hydrogens (tertiary/aromatic N) is 2. The van der Waals surface area contributed by atoms with E-state index in [2.05, 4.69) is 5.32 Å². The molecule has 7 nitrogen and oxygen atoms in total. The Morgan fingerprint density at radius 2 is 1.48 bits per heavy atom. The summed E-state index contributed by atoms with van der Waals surface area (Å²) in [5.74, 6) is -0.892. The van der Waals surface area contributed by atoms with E-state index >= 15 is 0 Å². The predicted molar refractivity (Wildman–Crippen MR) is 171 cm³/mol. The highest BCUT2D eigenvalue weighted by Crippen LogP contribution is 2.31. The summed E-state index contributed by atoms with van der Waals surface area (Å²) in [5.41, 5.74) is 3.37. The van der Waals surface area contributed by atoms with Gasteiger partial charge in [-0.25, -0.2) is 8.42 Å². The Balaban J connectivity index is 2.14. The number of carbonyl (C=O) groups excluding carboxylic acids is 2. The second-order valence-corrected chi connectivity index (χ2v) is 13.2. The Morgan fingerprint density at radius 1 is 0.881 bits per heavy atom. The summed E-state index contributed by atoms with van der Waals surface area (Å²) < 4.78 is 29.4. The molecule has 0 aliphatic rings. The summed E-state index contributed by atoms with van der Waals surface area (Å²) in [6.45, 7) is 10.6. The van der Waals surface area contributed by atoms with Crippen molar-refractivity contribution in [2.24, 2.45) is 0 Å². The Hall–Kier alpha value is -3.07. The molecule has 2 atom stereocenters. The van der Waals surface area contributed by atoms with E-state index in [1.807, 2.05) is 40.7 Å². The van der Waals surface area contributed by atoms with Gasteiger partial charge in [-0.15, -0.1) is 0 Å². The number of rotatable bonds is 12. The number of anilines is 1. The van der Waals surface area contributed by atoms with E-state index in [0.29, 0.717) is 34.1 Å². The lowest BCUT2D eigenvalue weighted by Gasteiger charge is -2.34. The van der Waals surface area contributed by atoms with Crippen LogP contribution in [0.4, 0.5) is 5.69 Å². The average molecular weight is 633 g/mol. The van der Waals surface area contributed by atoms with Gasteiger partial charge in [0.2, 0.25) is 11.8 Å². The molecule has 0 aliphatic heterocycles. The maximum atomic E-state index is 14.3. The number of hydrogen-bond acceptors (Lipinski definition) is 4. The lowest BCUT2D eigenvalue weighted by Crippen LogP contribution is -2.53. The van der Waals surface area contributed by atoms with Crippen molar-refractivity contribution >= 4 is 50.7 Å². The largest absolute Gasteiger partial charge is 0.352 e. The number of nitrogens with one attached hydrogen (secondary N) is 1. The standard InChI is InChI=1S/C32H39Cl2N3O4S/c1-7-23(5)35-32(39)29(8-2)36(19-26-27(33)12-10-13-28(26)34)31(38)20-37(30-14-9-11-22(4)24(30)6)42(40,41)25-17-15-21(3)16-18-25/h9-18,23,29H,7-8,19-20H2,1-6H3,(H,35,39)/t23-,29-/m0/s1. The van der Waals surface area contributed by atoms with Crippen molar-refractivity contribution in [3.63, 3.8) is 0 Å². The number of halogens is 2. The van der Waals surface area contributed by atoms with Crippen molar-refractivity contribution in [3.05, 3.63) is 93.0 Å². The minimum Gasteiger partial charge on any atom is -0.352 e. The first-order valence-corrected chi connectivity index (χ1v) is 16.2. The molecule has 0 radical (unpaired) electrons. The van der Waals surface area contributed by atoms with Crippen molar-refractivity contribution < 1.29 is 18.0 Å². The molecule has 3 rings (SSSR count). The Morgan fingerprint density at radius 3 is 2.05 bits per heavy atom. The third kappa shape index (κ3) is 7.65. The summed E-state index contributed by atoms with van der Waals surface area (Å²) in [7, 11) is -4.17. The van der Waals surface area contributed by atoms with Gasteiger partial charge in [-0.05, 0) is 82.0 Å². The highest BCUT2D eigenvalue weighted by molar-refractivity contribution is 7.92. The molecule has 0 fully saturated rings. The highest BCUT2D eigenvalue weighted by Gasteiger charge is 2.35. The van der Waals surface area contributed by atoms with Crippen LogP contribution in [0.3, 0.4) is 0 Å². The molecule has 2 amide bonds. The maximum absolute atomic E-state index is 14.3. The third-order valence-corrected chi connectivity index (χ3v) is 9.99. The molecule has 0 saturated heterocycles. The molecule has 3 aromatic rings. The molecule has 0 unspecified atom stereocenters. The average Bonchev–Trinajstić information content (AvgIpc) is 2.94. The van der Waals surface area contributed by atoms with E-state index in [1.165, 1.54) is 17.0 Å². The van der Waals surface area contributed by atoms with E-state index in [1.54, 1.807) is 49.4 Å². The number of sulfonamides is 1. The predicted octanol–water partition coefficient (Wildman–Crippen LogP) is 6.84. The van der Waals surface area contributed by atoms with Crippen molar-refractivity contribution in [2.75, 3.05) is 10.8 Å². The van der Waals surface area contributed by atoms with Crippen LogP contribution in [0.2, 0.25) is 10.0 Å². The zero-order valence-electron chi connectivity index (χ0n) is 24.9. The first-order chi connectivity index (χ1) is 19.8. The normalized spacial score (nSPS) is 12.9. The Labute approximate surface area is 259 Å². The van der Waals surface area contributed by atoms with E-state index in [-0.39, 0.29) is 23.4 Å². The SMILES string of the molecule is CC[C@H](C)NC(=O)[C@H](CC)N(Cc1c(Cl)cccc1Cl)C(=O)CN(c1cccc(C)c1C)S(=O)(=O)c1ccc(C)cc1. The van der Waals surface area contributed by atoms with Crippen LogP contribution in [0, 0.1) is 20.8 Å². The van der Waals surface area contributed by atoms with Gasteiger partial charge in [-0.3, -0.25) is 13.9 Å². The fourth-order valence-electron chi connectivity index (χ4n) is 4.57. The molecule has 0 spiro atoms. The monoisotopic (exact) mass is 631 g/mol. The zero-order valence-corrected chi connectivity index (χ0v) is 27.3. The fourth-order valence-corrected chi connectivity index (χ4v) is 6.56. The van der Waals surface area contributed by atoms with Gasteiger partial charge in [0.15, 0.2) is 0 Å². The van der Waals surface area contributed by atoms with E-state index < -0.39 is 28.5 Å². The van der Waals surface area contributed by atoms with Gasteiger partial charge >= 0.3 is 0 Å². The van der Waals surface area contributed by atoms with E-state index in [0.717, 1.165) is 21.0 Å². The summed E-state index contributed by atoms with van der Waals surface area (Å²) in [4.78, 5) is 29.2. The van der Waals surface area contributed by atoms with Crippen LogP contribution in [0.15, 0.2) is 65.6 Å². The van der Waals surface area contributed by atoms with Crippen molar-refractivity contribution in [1.29, 1.82) is 0 Å². The summed E-state index contributed by atoms with van der Waals surface area (Å²) in [6.07, 6.45) is 1.01. The van der Waals surface area contributed by atoms with Crippen molar-refractivity contribution in [3.8, 4) is 0 Å². The molecule has 0 saturated carbocycles. The maximum Gasteiger partial charge on any atom is 0.264 e. The lowest BCUT2D eigenvalue weighted by molar-refractivity contribution is -0.140. The minimum atomic E-state index is -4.17. The van der Waals surface area contributed by atoms with Gasteiger partial charge in [-0.2, -0.15) is 0 Å². The van der Waals surface area contributed by atoms with Gasteiger partial charge in [0, 0.05) is 28.2 Å². The van der Waals surface area contributed by atoms with Crippen LogP contribution in [0.5, 0.6) is 0 Å². The van der Waals surface area contributed by atoms with Crippen molar-refractivity contribution in [1.82, 2.24) is 10.2 Å². The number of carbonyl (C=O) groups is 2. The van der Waals surface area contributed by atoms with Crippen LogP contribution in [0.1, 0.15) is 55.9 Å². The second kappa shape index (κ2) is 14.4. The number of hydrogen-bond donors (Lipinski definition) is 1. The smallest absolute Gasteiger partial charge is 0.264 e. The second-order valence-electron chi connectivity index (χ2n) is 10.5. The quantitative estimate of drug-likeness (QED) is 0.237. The van der Waals surface area contributed by atoms with E-state index in [4.69, 9.17) is 23.2 Å². The summed E-state index contributed by atoms with van der Waals surface area (Å²) in [6, 6.07) is 15.8. The van der Waals surface area contributed by atoms with Gasteiger partial charge in [0.25, 0.3) is 10.0 Å². The summed E-state index contributed by atoms with van der Waals surface area (Å²) in [5, 5.41) is 3.65. The van der Waals surface area contributed by atoms with Crippen molar-refractivity contribution in [2.45, 2.75) is 77.9 Å². The van der Waals surface area contributed by atoms with Crippen LogP contribution >= 0.6 is 23.2 Å². The number of aryl methyl sites for hydroxylation is 2. The topological polar surface area (TPSA) is 86.8 Å². The Kier molecular flexibility index (Phi) is 11.5. The first kappa shape index (κ1) is 33.4. The molecular weight excluding hydrogens is 593 g/mol. The molecular formula is C32H39Cl2N3O4S. The van der Waals surface area contributed by atoms with Crippen LogP contribution in [0.25, 0.3) is 0 Å².